The molecule has 0 aromatic heterocycles. The number of unbranched alkanes of at least 4 members (excludes halogenated alkanes) is 1. The second kappa shape index (κ2) is 9.43. The van der Waals surface area contributed by atoms with Crippen LogP contribution in [-0.4, -0.2) is 24.9 Å². The Morgan fingerprint density at radius 1 is 1.32 bits per heavy atom. The lowest BCUT2D eigenvalue weighted by Crippen LogP contribution is -2.32. The molecule has 0 fully saturated rings. The van der Waals surface area contributed by atoms with E-state index >= 15 is 0 Å². The van der Waals surface area contributed by atoms with Crippen LogP contribution in [0.1, 0.15) is 31.2 Å². The van der Waals surface area contributed by atoms with Gasteiger partial charge in [-0.1, -0.05) is 18.2 Å². The van der Waals surface area contributed by atoms with E-state index in [9.17, 15) is 9.59 Å². The van der Waals surface area contributed by atoms with Crippen LogP contribution < -0.4 is 16.4 Å². The second-order valence-electron chi connectivity index (χ2n) is 5.43. The number of rotatable bonds is 7. The molecule has 0 spiro atoms. The first-order valence-electron chi connectivity index (χ1n) is 7.56. The van der Waals surface area contributed by atoms with Gasteiger partial charge in [0.1, 0.15) is 0 Å². The van der Waals surface area contributed by atoms with Crippen LogP contribution in [0.15, 0.2) is 24.3 Å². The van der Waals surface area contributed by atoms with E-state index in [0.717, 1.165) is 24.1 Å². The van der Waals surface area contributed by atoms with Crippen molar-refractivity contribution in [3.63, 3.8) is 0 Å². The highest BCUT2D eigenvalue weighted by Gasteiger charge is 2.25. The fourth-order valence-electron chi connectivity index (χ4n) is 2.54. The molecule has 1 aliphatic heterocycles. The van der Waals surface area contributed by atoms with Crippen molar-refractivity contribution < 1.29 is 9.59 Å². The van der Waals surface area contributed by atoms with E-state index in [2.05, 4.69) is 10.6 Å². The van der Waals surface area contributed by atoms with Gasteiger partial charge in [0.15, 0.2) is 0 Å². The summed E-state index contributed by atoms with van der Waals surface area (Å²) < 4.78 is 0. The Morgan fingerprint density at radius 3 is 2.86 bits per heavy atom. The first kappa shape index (κ1) is 18.5. The van der Waals surface area contributed by atoms with Crippen LogP contribution in [0.25, 0.3) is 0 Å². The molecular formula is C16H24ClN3O2. The predicted molar refractivity (Wildman–Crippen MR) is 90.0 cm³/mol. The van der Waals surface area contributed by atoms with Crippen LogP contribution in [0.3, 0.4) is 0 Å². The predicted octanol–water partition coefficient (Wildman–Crippen LogP) is 1.85. The average molecular weight is 326 g/mol. The minimum atomic E-state index is -0.116. The fourth-order valence-corrected chi connectivity index (χ4v) is 2.54. The van der Waals surface area contributed by atoms with E-state index in [1.54, 1.807) is 0 Å². The monoisotopic (exact) mass is 325 g/mol. The number of fused-ring (bicyclic) bond motifs is 1. The number of nitrogens with two attached hydrogens (primary N) is 1. The quantitative estimate of drug-likeness (QED) is 0.669. The third-order valence-electron chi connectivity index (χ3n) is 3.79. The summed E-state index contributed by atoms with van der Waals surface area (Å²) in [6.07, 6.45) is 3.51. The summed E-state index contributed by atoms with van der Waals surface area (Å²) in [5.74, 6) is -0.0852. The van der Waals surface area contributed by atoms with Crippen molar-refractivity contribution in [1.82, 2.24) is 5.32 Å². The molecule has 0 bridgehead atoms. The first-order valence-corrected chi connectivity index (χ1v) is 7.56. The van der Waals surface area contributed by atoms with Gasteiger partial charge in [0, 0.05) is 24.6 Å². The topological polar surface area (TPSA) is 84.2 Å². The lowest BCUT2D eigenvalue weighted by Gasteiger charge is -2.24. The van der Waals surface area contributed by atoms with Gasteiger partial charge in [0.25, 0.3) is 0 Å². The molecule has 0 saturated carbocycles. The van der Waals surface area contributed by atoms with E-state index < -0.39 is 0 Å². The summed E-state index contributed by atoms with van der Waals surface area (Å²) in [7, 11) is 0. The molecule has 4 N–H and O–H groups in total. The number of anilines is 1. The highest BCUT2D eigenvalue weighted by Crippen LogP contribution is 2.27. The van der Waals surface area contributed by atoms with Gasteiger partial charge in [-0.15, -0.1) is 12.4 Å². The van der Waals surface area contributed by atoms with Crippen LogP contribution in [0.4, 0.5) is 5.69 Å². The number of hydrogen-bond donors (Lipinski definition) is 3. The Morgan fingerprint density at radius 2 is 2.09 bits per heavy atom. The molecule has 5 nitrogen and oxygen atoms in total. The van der Waals surface area contributed by atoms with Crippen molar-refractivity contribution in [3.05, 3.63) is 29.8 Å². The van der Waals surface area contributed by atoms with Crippen LogP contribution in [0, 0.1) is 5.92 Å². The summed E-state index contributed by atoms with van der Waals surface area (Å²) in [6.45, 7) is 1.31. The molecule has 0 radical (unpaired) electrons. The van der Waals surface area contributed by atoms with Crippen LogP contribution in [-0.2, 0) is 16.0 Å². The van der Waals surface area contributed by atoms with Gasteiger partial charge in [-0.3, -0.25) is 9.59 Å². The molecule has 122 valence electrons. The maximum atomic E-state index is 12.0. The third kappa shape index (κ3) is 5.31. The van der Waals surface area contributed by atoms with Crippen molar-refractivity contribution in [2.45, 2.75) is 32.1 Å². The Hall–Kier alpha value is -1.59. The molecular weight excluding hydrogens is 302 g/mol. The van der Waals surface area contributed by atoms with Crippen molar-refractivity contribution in [2.75, 3.05) is 18.4 Å². The van der Waals surface area contributed by atoms with Gasteiger partial charge >= 0.3 is 0 Å². The number of nitrogens with one attached hydrogen (secondary N) is 2. The summed E-state index contributed by atoms with van der Waals surface area (Å²) in [5.41, 5.74) is 7.44. The van der Waals surface area contributed by atoms with E-state index in [0.29, 0.717) is 32.4 Å². The van der Waals surface area contributed by atoms with Crippen LogP contribution in [0.2, 0.25) is 0 Å². The maximum absolute atomic E-state index is 12.0. The molecule has 1 atom stereocenters. The fraction of sp³-hybridized carbons (Fsp3) is 0.500. The number of hydrogen-bond acceptors (Lipinski definition) is 3. The molecule has 0 aliphatic carbocycles. The molecule has 1 aliphatic rings. The normalized spacial score (nSPS) is 16.2. The van der Waals surface area contributed by atoms with Gasteiger partial charge in [-0.05, 0) is 43.9 Å². The second-order valence-corrected chi connectivity index (χ2v) is 5.43. The summed E-state index contributed by atoms with van der Waals surface area (Å²) in [6, 6.07) is 7.81. The zero-order chi connectivity index (χ0) is 15.1. The molecule has 2 rings (SSSR count). The number of benzene rings is 1. The van der Waals surface area contributed by atoms with Gasteiger partial charge in [0.2, 0.25) is 11.8 Å². The molecule has 1 heterocycles. The number of halogens is 1. The number of carbonyl (C=O) groups excluding carboxylic acids is 2. The summed E-state index contributed by atoms with van der Waals surface area (Å²) in [5, 5.41) is 5.77. The molecule has 1 unspecified atom stereocenters. The SMILES string of the molecule is Cl.NCCCCNC(=O)CCC1Cc2ccccc2NC1=O. The summed E-state index contributed by atoms with van der Waals surface area (Å²) >= 11 is 0. The Bertz CT molecular complexity index is 508. The molecule has 0 saturated heterocycles. The highest BCUT2D eigenvalue weighted by molar-refractivity contribution is 5.96. The smallest absolute Gasteiger partial charge is 0.227 e. The van der Waals surface area contributed by atoms with Crippen LogP contribution in [0.5, 0.6) is 0 Å². The zero-order valence-corrected chi connectivity index (χ0v) is 13.5. The van der Waals surface area contributed by atoms with Crippen molar-refractivity contribution in [2.24, 2.45) is 11.7 Å². The molecule has 1 aromatic rings. The molecule has 22 heavy (non-hydrogen) atoms. The number of amides is 2. The van der Waals surface area contributed by atoms with Crippen molar-refractivity contribution in [1.29, 1.82) is 0 Å². The Kier molecular flexibility index (Phi) is 7.91. The van der Waals surface area contributed by atoms with Crippen LogP contribution >= 0.6 is 12.4 Å². The van der Waals surface area contributed by atoms with Gasteiger partial charge in [0.05, 0.1) is 0 Å². The van der Waals surface area contributed by atoms with Crippen molar-refractivity contribution in [3.8, 4) is 0 Å². The molecule has 2 amide bonds. The Balaban J connectivity index is 0.00000242. The standard InChI is InChI=1S/C16H23N3O2.ClH/c17-9-3-4-10-18-15(20)8-7-13-11-12-5-1-2-6-14(12)19-16(13)21;/h1-2,5-6,13H,3-4,7-11,17H2,(H,18,20)(H,19,21);1H. The summed E-state index contributed by atoms with van der Waals surface area (Å²) in [4.78, 5) is 23.7. The molecule has 1 aromatic carbocycles. The van der Waals surface area contributed by atoms with Gasteiger partial charge < -0.3 is 16.4 Å². The maximum Gasteiger partial charge on any atom is 0.227 e. The minimum absolute atomic E-state index is 0. The van der Waals surface area contributed by atoms with Gasteiger partial charge in [-0.2, -0.15) is 0 Å². The lowest BCUT2D eigenvalue weighted by molar-refractivity contribution is -0.122. The lowest BCUT2D eigenvalue weighted by atomic mass is 9.89. The third-order valence-corrected chi connectivity index (χ3v) is 3.79. The number of para-hydroxylation sites is 1. The minimum Gasteiger partial charge on any atom is -0.356 e. The van der Waals surface area contributed by atoms with Crippen molar-refractivity contribution >= 4 is 29.9 Å². The van der Waals surface area contributed by atoms with E-state index in [4.69, 9.17) is 5.73 Å². The first-order chi connectivity index (χ1) is 10.2. The largest absolute Gasteiger partial charge is 0.356 e. The van der Waals surface area contributed by atoms with Gasteiger partial charge in [-0.25, -0.2) is 0 Å². The average Bonchev–Trinajstić information content (AvgIpc) is 2.49. The Labute approximate surface area is 137 Å². The number of carbonyl (C=O) groups is 2. The zero-order valence-electron chi connectivity index (χ0n) is 12.6. The van der Waals surface area contributed by atoms with E-state index in [-0.39, 0.29) is 30.1 Å². The highest BCUT2D eigenvalue weighted by atomic mass is 35.5. The molecule has 6 heteroatoms. The van der Waals surface area contributed by atoms with E-state index in [1.165, 1.54) is 0 Å². The van der Waals surface area contributed by atoms with E-state index in [1.807, 2.05) is 24.3 Å².